The van der Waals surface area contributed by atoms with Crippen molar-refractivity contribution in [1.29, 1.82) is 0 Å². The first kappa shape index (κ1) is 12.3. The first-order valence-electron chi connectivity index (χ1n) is 3.84. The molecule has 1 N–H and O–H groups in total. The fourth-order valence-electron chi connectivity index (χ4n) is 1.28. The molecule has 3 heteroatoms. The molecule has 0 aliphatic carbocycles. The molecule has 0 radical (unpaired) electrons. The molecule has 0 aliphatic heterocycles. The topological polar surface area (TPSA) is 37.3 Å². The molecule has 1 rings (SSSR count). The number of benzene rings is 1. The zero-order valence-electron chi connectivity index (χ0n) is 7.51. The van der Waals surface area contributed by atoms with Gasteiger partial charge in [0.05, 0.1) is 5.56 Å². The van der Waals surface area contributed by atoms with Crippen LogP contribution in [0.1, 0.15) is 27.0 Å². The van der Waals surface area contributed by atoms with E-state index in [1.807, 2.05) is 32.9 Å². The summed E-state index contributed by atoms with van der Waals surface area (Å²) in [5, 5.41) is 8.87. The van der Waals surface area contributed by atoms with Crippen molar-refractivity contribution in [2.24, 2.45) is 0 Å². The van der Waals surface area contributed by atoms with Gasteiger partial charge in [-0.05, 0) is 37.5 Å². The normalized spacial score (nSPS) is 9.15. The van der Waals surface area contributed by atoms with Gasteiger partial charge in [-0.3, -0.25) is 0 Å². The molecule has 0 saturated heterocycles. The van der Waals surface area contributed by atoms with E-state index < -0.39 is 5.97 Å². The first-order chi connectivity index (χ1) is 5.54. The predicted molar refractivity (Wildman–Crippen MR) is 57.6 cm³/mol. The Labute approximate surface area is 91.0 Å². The molecule has 0 fully saturated rings. The molecule has 0 spiro atoms. The molecule has 0 bridgehead atoms. The zero-order chi connectivity index (χ0) is 9.30. The Kier molecular flexibility index (Phi) is 4.30. The fraction of sp³-hybridized carbons (Fsp3) is 0.300. The van der Waals surface area contributed by atoms with Crippen molar-refractivity contribution < 1.29 is 9.90 Å². The molecule has 0 amide bonds. The molecule has 0 saturated carbocycles. The number of aryl methyl sites for hydroxylation is 2. The minimum atomic E-state index is -0.839. The molecular formula is C10H15GaO2. The van der Waals surface area contributed by atoms with Crippen molar-refractivity contribution in [1.82, 2.24) is 0 Å². The molecule has 0 unspecified atom stereocenters. The van der Waals surface area contributed by atoms with Crippen molar-refractivity contribution in [3.63, 3.8) is 0 Å². The van der Waals surface area contributed by atoms with Gasteiger partial charge >= 0.3 is 25.8 Å². The van der Waals surface area contributed by atoms with Crippen LogP contribution in [0.5, 0.6) is 0 Å². The van der Waals surface area contributed by atoms with E-state index in [1.54, 1.807) is 0 Å². The zero-order valence-corrected chi connectivity index (χ0v) is 7.51. The van der Waals surface area contributed by atoms with Gasteiger partial charge in [0.2, 0.25) is 0 Å². The van der Waals surface area contributed by atoms with E-state index in [0.29, 0.717) is 5.56 Å². The molecule has 0 heterocycles. The molecule has 70 valence electrons. The van der Waals surface area contributed by atoms with Crippen LogP contribution in [-0.4, -0.2) is 30.9 Å². The van der Waals surface area contributed by atoms with Gasteiger partial charge in [-0.15, -0.1) is 0 Å². The van der Waals surface area contributed by atoms with E-state index in [0.717, 1.165) is 16.7 Å². The van der Waals surface area contributed by atoms with E-state index in [-0.39, 0.29) is 19.8 Å². The summed E-state index contributed by atoms with van der Waals surface area (Å²) in [4.78, 5) is 10.8. The standard InChI is InChI=1S/C10H12O2.Ga.3H/c1-6-4-5-7(2)9(8(6)3)10(11)12;;;;/h4-5H,1-3H3,(H,11,12);;;;. The number of rotatable bonds is 1. The summed E-state index contributed by atoms with van der Waals surface area (Å²) in [6, 6.07) is 3.78. The van der Waals surface area contributed by atoms with E-state index >= 15 is 0 Å². The van der Waals surface area contributed by atoms with Crippen LogP contribution in [0.4, 0.5) is 0 Å². The molecule has 0 atom stereocenters. The number of carboxylic acid groups (broad SMARTS) is 1. The predicted octanol–water partition coefficient (Wildman–Crippen LogP) is 1.13. The van der Waals surface area contributed by atoms with Crippen LogP contribution in [0.25, 0.3) is 0 Å². The van der Waals surface area contributed by atoms with E-state index in [4.69, 9.17) is 5.11 Å². The van der Waals surface area contributed by atoms with Crippen LogP contribution < -0.4 is 0 Å². The molecule has 13 heavy (non-hydrogen) atoms. The number of aromatic carboxylic acids is 1. The SMILES string of the molecule is Cc1ccc(C)c(C(=O)O)c1C.[GaH3]. The number of hydrogen-bond acceptors (Lipinski definition) is 1. The number of hydrogen-bond donors (Lipinski definition) is 1. The van der Waals surface area contributed by atoms with Crippen LogP contribution >= 0.6 is 0 Å². The quantitative estimate of drug-likeness (QED) is 0.743. The molecule has 1 aromatic rings. The summed E-state index contributed by atoms with van der Waals surface area (Å²) >= 11 is 0. The molecular weight excluding hydrogens is 222 g/mol. The molecule has 2 nitrogen and oxygen atoms in total. The third-order valence-corrected chi connectivity index (χ3v) is 2.16. The van der Waals surface area contributed by atoms with Gasteiger partial charge in [-0.2, -0.15) is 0 Å². The Hall–Kier alpha value is -0.674. The Morgan fingerprint density at radius 2 is 1.62 bits per heavy atom. The van der Waals surface area contributed by atoms with E-state index in [9.17, 15) is 4.79 Å². The van der Waals surface area contributed by atoms with E-state index in [2.05, 4.69) is 0 Å². The summed E-state index contributed by atoms with van der Waals surface area (Å²) in [6.07, 6.45) is 0. The monoisotopic (exact) mass is 236 g/mol. The van der Waals surface area contributed by atoms with Crippen molar-refractivity contribution in [2.45, 2.75) is 20.8 Å². The average Bonchev–Trinajstić information content (AvgIpc) is 1.97. The van der Waals surface area contributed by atoms with Crippen molar-refractivity contribution in [3.8, 4) is 0 Å². The maximum atomic E-state index is 10.8. The second-order valence-electron chi connectivity index (χ2n) is 3.00. The molecule has 0 aromatic heterocycles. The second-order valence-corrected chi connectivity index (χ2v) is 3.00. The van der Waals surface area contributed by atoms with Gasteiger partial charge in [0, 0.05) is 0 Å². The third kappa shape index (κ3) is 2.38. The van der Waals surface area contributed by atoms with Gasteiger partial charge < -0.3 is 5.11 Å². The fourth-order valence-corrected chi connectivity index (χ4v) is 1.28. The van der Waals surface area contributed by atoms with Gasteiger partial charge in [-0.25, -0.2) is 4.79 Å². The van der Waals surface area contributed by atoms with Crippen LogP contribution in [-0.2, 0) is 0 Å². The summed E-state index contributed by atoms with van der Waals surface area (Å²) in [5.74, 6) is -0.839. The molecule has 1 aromatic carbocycles. The van der Waals surface area contributed by atoms with Crippen LogP contribution in [0.15, 0.2) is 12.1 Å². The number of carbonyl (C=O) groups is 1. The van der Waals surface area contributed by atoms with Gasteiger partial charge in [0.15, 0.2) is 0 Å². The Morgan fingerprint density at radius 1 is 1.15 bits per heavy atom. The Bertz CT molecular complexity index is 332. The summed E-state index contributed by atoms with van der Waals surface area (Å²) in [7, 11) is 0. The molecule has 0 aliphatic rings. The van der Waals surface area contributed by atoms with Crippen LogP contribution in [0.3, 0.4) is 0 Å². The van der Waals surface area contributed by atoms with Crippen molar-refractivity contribution in [2.75, 3.05) is 0 Å². The summed E-state index contributed by atoms with van der Waals surface area (Å²) in [6.45, 7) is 5.57. The van der Waals surface area contributed by atoms with Crippen molar-refractivity contribution >= 4 is 25.8 Å². The minimum absolute atomic E-state index is 0. The van der Waals surface area contributed by atoms with E-state index in [1.165, 1.54) is 0 Å². The Balaban J connectivity index is 0.00000144. The van der Waals surface area contributed by atoms with Gasteiger partial charge in [0.1, 0.15) is 0 Å². The van der Waals surface area contributed by atoms with Crippen LogP contribution in [0, 0.1) is 20.8 Å². The van der Waals surface area contributed by atoms with Gasteiger partial charge in [-0.1, -0.05) is 12.1 Å². The number of carboxylic acids is 1. The van der Waals surface area contributed by atoms with Gasteiger partial charge in [0.25, 0.3) is 0 Å². The first-order valence-corrected chi connectivity index (χ1v) is 3.84. The third-order valence-electron chi connectivity index (χ3n) is 2.16. The van der Waals surface area contributed by atoms with Crippen molar-refractivity contribution in [3.05, 3.63) is 34.4 Å². The average molecular weight is 237 g/mol. The second kappa shape index (κ2) is 4.53. The Morgan fingerprint density at radius 3 is 2.00 bits per heavy atom. The van der Waals surface area contributed by atoms with Crippen LogP contribution in [0.2, 0.25) is 0 Å². The summed E-state index contributed by atoms with van der Waals surface area (Å²) in [5.41, 5.74) is 3.15. The maximum absolute atomic E-state index is 10.8. The summed E-state index contributed by atoms with van der Waals surface area (Å²) < 4.78 is 0.